The van der Waals surface area contributed by atoms with Crippen molar-refractivity contribution in [3.8, 4) is 0 Å². The quantitative estimate of drug-likeness (QED) is 0.491. The molecule has 0 unspecified atom stereocenters. The summed E-state index contributed by atoms with van der Waals surface area (Å²) in [5, 5.41) is 0. The summed E-state index contributed by atoms with van der Waals surface area (Å²) in [4.78, 5) is 0. The molecule has 0 aromatic carbocycles. The van der Waals surface area contributed by atoms with Crippen molar-refractivity contribution >= 4 is 0 Å². The summed E-state index contributed by atoms with van der Waals surface area (Å²) < 4.78 is 0. The van der Waals surface area contributed by atoms with Gasteiger partial charge in [0.05, 0.1) is 0 Å². The predicted octanol–water partition coefficient (Wildman–Crippen LogP) is 6.55. The van der Waals surface area contributed by atoms with Crippen LogP contribution in [-0.4, -0.2) is 0 Å². The van der Waals surface area contributed by atoms with Crippen molar-refractivity contribution in [1.82, 2.24) is 0 Å². The Morgan fingerprint density at radius 3 is 0.857 bits per heavy atom. The maximum atomic E-state index is 2.30. The second-order valence-electron chi connectivity index (χ2n) is 3.87. The molecule has 94 valence electrons. The molecule has 0 bridgehead atoms. The summed E-state index contributed by atoms with van der Waals surface area (Å²) >= 11 is 0. The highest BCUT2D eigenvalue weighted by Gasteiger charge is 2.09. The van der Waals surface area contributed by atoms with Crippen molar-refractivity contribution in [3.63, 3.8) is 0 Å². The Labute approximate surface area is 95.5 Å². The highest BCUT2D eigenvalue weighted by molar-refractivity contribution is 4.61. The van der Waals surface area contributed by atoms with Gasteiger partial charge in [-0.25, -0.2) is 0 Å². The van der Waals surface area contributed by atoms with Crippen LogP contribution in [0, 0.1) is 5.41 Å². The van der Waals surface area contributed by atoms with Gasteiger partial charge in [0.15, 0.2) is 0 Å². The maximum Gasteiger partial charge on any atom is -0.0359 e. The van der Waals surface area contributed by atoms with Gasteiger partial charge in [-0.2, -0.15) is 0 Å². The van der Waals surface area contributed by atoms with E-state index in [1.54, 1.807) is 0 Å². The van der Waals surface area contributed by atoms with Crippen molar-refractivity contribution in [1.29, 1.82) is 0 Å². The molecule has 0 saturated heterocycles. The number of hydrogen-bond acceptors (Lipinski definition) is 0. The lowest BCUT2D eigenvalue weighted by Gasteiger charge is -2.18. The SMILES string of the molecule is C.C.C.CCC(C)(C)CC.CCCC. The largest absolute Gasteiger partial charge is 0.0776 e. The van der Waals surface area contributed by atoms with Gasteiger partial charge in [0.25, 0.3) is 0 Å². The van der Waals surface area contributed by atoms with Crippen molar-refractivity contribution in [2.45, 2.75) is 89.5 Å². The van der Waals surface area contributed by atoms with E-state index in [-0.39, 0.29) is 22.3 Å². The van der Waals surface area contributed by atoms with Crippen LogP contribution in [0.4, 0.5) is 0 Å². The van der Waals surface area contributed by atoms with Crippen molar-refractivity contribution in [2.75, 3.05) is 0 Å². The average Bonchev–Trinajstić information content (AvgIpc) is 2.05. The zero-order valence-corrected chi connectivity index (χ0v) is 9.33. The predicted molar refractivity (Wildman–Crippen MR) is 75.1 cm³/mol. The molecule has 0 aromatic rings. The Bertz CT molecular complexity index is 54.4. The molecule has 0 heteroatoms. The molecular formula is C14H38. The first kappa shape index (κ1) is 29.2. The fourth-order valence-corrected chi connectivity index (χ4v) is 0.250. The maximum absolute atomic E-state index is 2.30. The molecule has 0 aliphatic heterocycles. The fourth-order valence-electron chi connectivity index (χ4n) is 0.250. The third kappa shape index (κ3) is 29.6. The molecule has 0 amide bonds. The lowest BCUT2D eigenvalue weighted by molar-refractivity contribution is 0.338. The van der Waals surface area contributed by atoms with Crippen molar-refractivity contribution in [2.24, 2.45) is 5.41 Å². The van der Waals surface area contributed by atoms with Crippen LogP contribution in [0.25, 0.3) is 0 Å². The van der Waals surface area contributed by atoms with Crippen LogP contribution in [0.15, 0.2) is 0 Å². The summed E-state index contributed by atoms with van der Waals surface area (Å²) in [6.07, 6.45) is 5.23. The highest BCUT2D eigenvalue weighted by Crippen LogP contribution is 2.22. The van der Waals surface area contributed by atoms with Gasteiger partial charge in [-0.3, -0.25) is 0 Å². The molecular weight excluding hydrogens is 168 g/mol. The summed E-state index contributed by atoms with van der Waals surface area (Å²) in [7, 11) is 0. The molecule has 0 heterocycles. The molecule has 0 saturated carbocycles. The van der Waals surface area contributed by atoms with E-state index in [9.17, 15) is 0 Å². The Morgan fingerprint density at radius 1 is 0.643 bits per heavy atom. The minimum atomic E-state index is 0. The zero-order valence-electron chi connectivity index (χ0n) is 9.33. The molecule has 0 spiro atoms. The Hall–Kier alpha value is 0. The third-order valence-electron chi connectivity index (χ3n) is 2.41. The minimum Gasteiger partial charge on any atom is -0.0776 e. The Morgan fingerprint density at radius 2 is 0.857 bits per heavy atom. The van der Waals surface area contributed by atoms with Crippen LogP contribution in [0.2, 0.25) is 0 Å². The van der Waals surface area contributed by atoms with Gasteiger partial charge in [-0.1, -0.05) is 89.5 Å². The van der Waals surface area contributed by atoms with E-state index in [4.69, 9.17) is 0 Å². The molecule has 0 aliphatic carbocycles. The van der Waals surface area contributed by atoms with Crippen molar-refractivity contribution in [3.05, 3.63) is 0 Å². The third-order valence-corrected chi connectivity index (χ3v) is 2.41. The van der Waals surface area contributed by atoms with E-state index < -0.39 is 0 Å². The Balaban J connectivity index is -0.0000000347. The van der Waals surface area contributed by atoms with Gasteiger partial charge >= 0.3 is 0 Å². The van der Waals surface area contributed by atoms with E-state index in [0.717, 1.165) is 0 Å². The normalized spacial score (nSPS) is 8.14. The lowest BCUT2D eigenvalue weighted by Crippen LogP contribution is -2.05. The summed E-state index contributed by atoms with van der Waals surface area (Å²) in [6, 6.07) is 0. The van der Waals surface area contributed by atoms with Crippen LogP contribution < -0.4 is 0 Å². The minimum absolute atomic E-state index is 0. The van der Waals surface area contributed by atoms with E-state index >= 15 is 0 Å². The first-order valence-electron chi connectivity index (χ1n) is 5.04. The van der Waals surface area contributed by atoms with E-state index in [1.807, 2.05) is 0 Å². The first-order valence-corrected chi connectivity index (χ1v) is 5.04. The second kappa shape index (κ2) is 18.7. The van der Waals surface area contributed by atoms with Crippen LogP contribution in [0.5, 0.6) is 0 Å². The second-order valence-corrected chi connectivity index (χ2v) is 3.87. The Kier molecular flexibility index (Phi) is 39.1. The smallest absolute Gasteiger partial charge is 0.0359 e. The molecule has 14 heavy (non-hydrogen) atoms. The van der Waals surface area contributed by atoms with Gasteiger partial charge in [-0.15, -0.1) is 0 Å². The number of unbranched alkanes of at least 4 members (excludes halogenated alkanes) is 1. The van der Waals surface area contributed by atoms with Gasteiger partial charge in [0, 0.05) is 0 Å². The van der Waals surface area contributed by atoms with E-state index in [2.05, 4.69) is 41.5 Å². The number of hydrogen-bond donors (Lipinski definition) is 0. The van der Waals surface area contributed by atoms with Crippen LogP contribution >= 0.6 is 0 Å². The van der Waals surface area contributed by atoms with E-state index in [0.29, 0.717) is 5.41 Å². The fraction of sp³-hybridized carbons (Fsp3) is 1.00. The summed E-state index contributed by atoms with van der Waals surface area (Å²) in [5.74, 6) is 0. The molecule has 0 aromatic heterocycles. The summed E-state index contributed by atoms with van der Waals surface area (Å²) in [5.41, 5.74) is 0.583. The van der Waals surface area contributed by atoms with Crippen LogP contribution in [0.1, 0.15) is 89.5 Å². The van der Waals surface area contributed by atoms with Gasteiger partial charge in [0.2, 0.25) is 0 Å². The van der Waals surface area contributed by atoms with Gasteiger partial charge in [-0.05, 0) is 5.41 Å². The van der Waals surface area contributed by atoms with Crippen molar-refractivity contribution < 1.29 is 0 Å². The number of rotatable bonds is 3. The standard InChI is InChI=1S/C7H16.C4H10.3CH4/c1-5-7(3,4)6-2;1-3-4-2;;;/h5-6H2,1-4H3;3-4H2,1-2H3;3*1H4. The molecule has 0 aliphatic rings. The molecule has 0 atom stereocenters. The molecule has 0 radical (unpaired) electrons. The monoisotopic (exact) mass is 206 g/mol. The van der Waals surface area contributed by atoms with Crippen LogP contribution in [0.3, 0.4) is 0 Å². The highest BCUT2D eigenvalue weighted by atomic mass is 14.1. The van der Waals surface area contributed by atoms with E-state index in [1.165, 1.54) is 25.7 Å². The molecule has 0 fully saturated rings. The summed E-state index contributed by atoms with van der Waals surface area (Å²) in [6.45, 7) is 13.4. The molecule has 0 N–H and O–H groups in total. The molecule has 0 rings (SSSR count). The molecule has 0 nitrogen and oxygen atoms in total. The van der Waals surface area contributed by atoms with Gasteiger partial charge in [0.1, 0.15) is 0 Å². The average molecular weight is 206 g/mol. The topological polar surface area (TPSA) is 0 Å². The van der Waals surface area contributed by atoms with Crippen LogP contribution in [-0.2, 0) is 0 Å². The zero-order chi connectivity index (χ0) is 9.33. The van der Waals surface area contributed by atoms with Gasteiger partial charge < -0.3 is 0 Å². The first-order chi connectivity index (χ1) is 5.04. The lowest BCUT2D eigenvalue weighted by atomic mass is 9.88.